The van der Waals surface area contributed by atoms with Crippen LogP contribution in [0.1, 0.15) is 61.7 Å². The number of nitrogens with one attached hydrogen (secondary N) is 1. The highest BCUT2D eigenvalue weighted by Gasteiger charge is 2.31. The SMILES string of the molecule is O=C(O)C1CCCC(C(=O)Nc2ccc(C(=O)N3CCCCCC3)cc2)C1. The molecule has 1 saturated carbocycles. The quantitative estimate of drug-likeness (QED) is 0.846. The molecule has 6 nitrogen and oxygen atoms in total. The minimum atomic E-state index is -0.816. The Morgan fingerprint density at radius 3 is 2.15 bits per heavy atom. The van der Waals surface area contributed by atoms with E-state index in [1.807, 2.05) is 4.90 Å². The van der Waals surface area contributed by atoms with E-state index in [9.17, 15) is 14.4 Å². The lowest BCUT2D eigenvalue weighted by atomic mass is 9.81. The van der Waals surface area contributed by atoms with Crippen molar-refractivity contribution in [3.05, 3.63) is 29.8 Å². The van der Waals surface area contributed by atoms with Crippen LogP contribution >= 0.6 is 0 Å². The molecule has 2 aliphatic rings. The predicted molar refractivity (Wildman–Crippen MR) is 103 cm³/mol. The Kier molecular flexibility index (Phi) is 6.48. The molecule has 6 heteroatoms. The number of rotatable bonds is 4. The molecule has 1 saturated heterocycles. The zero-order chi connectivity index (χ0) is 19.2. The fourth-order valence-electron chi connectivity index (χ4n) is 4.05. The van der Waals surface area contributed by atoms with Gasteiger partial charge in [0.15, 0.2) is 0 Å². The average molecular weight is 372 g/mol. The number of anilines is 1. The normalized spacial score (nSPS) is 23.3. The van der Waals surface area contributed by atoms with Crippen LogP contribution in [0.4, 0.5) is 5.69 Å². The zero-order valence-corrected chi connectivity index (χ0v) is 15.7. The maximum Gasteiger partial charge on any atom is 0.306 e. The van der Waals surface area contributed by atoms with E-state index in [0.717, 1.165) is 38.8 Å². The van der Waals surface area contributed by atoms with E-state index < -0.39 is 11.9 Å². The molecular weight excluding hydrogens is 344 g/mol. The molecule has 1 aliphatic heterocycles. The summed E-state index contributed by atoms with van der Waals surface area (Å²) < 4.78 is 0. The maximum absolute atomic E-state index is 12.6. The molecule has 0 radical (unpaired) electrons. The molecule has 2 amide bonds. The highest BCUT2D eigenvalue weighted by molar-refractivity contribution is 5.96. The average Bonchev–Trinajstić information content (AvgIpc) is 2.97. The first-order valence-corrected chi connectivity index (χ1v) is 9.97. The third kappa shape index (κ3) is 5.08. The molecule has 2 atom stereocenters. The third-order valence-corrected chi connectivity index (χ3v) is 5.69. The number of carboxylic acids is 1. The lowest BCUT2D eigenvalue weighted by Gasteiger charge is -2.25. The number of hydrogen-bond donors (Lipinski definition) is 2. The maximum atomic E-state index is 12.6. The number of likely N-dealkylation sites (tertiary alicyclic amines) is 1. The Balaban J connectivity index is 1.57. The van der Waals surface area contributed by atoms with Gasteiger partial charge in [-0.05, 0) is 56.4 Å². The van der Waals surface area contributed by atoms with E-state index in [0.29, 0.717) is 24.1 Å². The molecule has 1 aliphatic carbocycles. The van der Waals surface area contributed by atoms with Crippen molar-refractivity contribution in [1.82, 2.24) is 4.90 Å². The smallest absolute Gasteiger partial charge is 0.306 e. The van der Waals surface area contributed by atoms with Crippen LogP contribution in [0, 0.1) is 11.8 Å². The van der Waals surface area contributed by atoms with E-state index in [1.165, 1.54) is 12.8 Å². The number of carbonyl (C=O) groups excluding carboxylic acids is 2. The number of benzene rings is 1. The lowest BCUT2D eigenvalue weighted by Crippen LogP contribution is -2.32. The number of amides is 2. The van der Waals surface area contributed by atoms with Crippen LogP contribution in [0.2, 0.25) is 0 Å². The van der Waals surface area contributed by atoms with E-state index in [-0.39, 0.29) is 17.7 Å². The molecule has 3 rings (SSSR count). The van der Waals surface area contributed by atoms with E-state index >= 15 is 0 Å². The summed E-state index contributed by atoms with van der Waals surface area (Å²) in [7, 11) is 0. The Labute approximate surface area is 159 Å². The van der Waals surface area contributed by atoms with Gasteiger partial charge in [-0.3, -0.25) is 14.4 Å². The molecule has 1 aromatic carbocycles. The predicted octanol–water partition coefficient (Wildman–Crippen LogP) is 3.53. The van der Waals surface area contributed by atoms with Crippen LogP contribution in [0.15, 0.2) is 24.3 Å². The summed E-state index contributed by atoms with van der Waals surface area (Å²) in [6.07, 6.45) is 6.99. The van der Waals surface area contributed by atoms with Crippen molar-refractivity contribution >= 4 is 23.5 Å². The minimum Gasteiger partial charge on any atom is -0.481 e. The summed E-state index contributed by atoms with van der Waals surface area (Å²) in [5, 5.41) is 12.0. The highest BCUT2D eigenvalue weighted by Crippen LogP contribution is 2.30. The first-order chi connectivity index (χ1) is 13.0. The summed E-state index contributed by atoms with van der Waals surface area (Å²) >= 11 is 0. The summed E-state index contributed by atoms with van der Waals surface area (Å²) in [5.74, 6) is -1.59. The Morgan fingerprint density at radius 2 is 1.52 bits per heavy atom. The molecule has 0 bridgehead atoms. The second kappa shape index (κ2) is 9.02. The minimum absolute atomic E-state index is 0.0476. The lowest BCUT2D eigenvalue weighted by molar-refractivity contribution is -0.143. The first-order valence-electron chi connectivity index (χ1n) is 9.97. The van der Waals surface area contributed by atoms with Gasteiger partial charge in [0, 0.05) is 30.3 Å². The van der Waals surface area contributed by atoms with Gasteiger partial charge < -0.3 is 15.3 Å². The van der Waals surface area contributed by atoms with Gasteiger partial charge >= 0.3 is 5.97 Å². The number of hydrogen-bond acceptors (Lipinski definition) is 3. The van der Waals surface area contributed by atoms with Crippen molar-refractivity contribution in [1.29, 1.82) is 0 Å². The second-order valence-electron chi connectivity index (χ2n) is 7.67. The van der Waals surface area contributed by atoms with E-state index in [2.05, 4.69) is 5.32 Å². The van der Waals surface area contributed by atoms with Gasteiger partial charge in [-0.15, -0.1) is 0 Å². The molecule has 146 valence electrons. The van der Waals surface area contributed by atoms with Gasteiger partial charge in [-0.25, -0.2) is 0 Å². The van der Waals surface area contributed by atoms with Crippen molar-refractivity contribution in [3.8, 4) is 0 Å². The van der Waals surface area contributed by atoms with Crippen molar-refractivity contribution in [2.75, 3.05) is 18.4 Å². The molecule has 27 heavy (non-hydrogen) atoms. The molecule has 0 aromatic heterocycles. The number of nitrogens with zero attached hydrogens (tertiary/aromatic N) is 1. The van der Waals surface area contributed by atoms with Gasteiger partial charge in [0.05, 0.1) is 5.92 Å². The highest BCUT2D eigenvalue weighted by atomic mass is 16.4. The molecule has 2 unspecified atom stereocenters. The standard InChI is InChI=1S/C21H28N2O4/c24-19(16-6-5-7-17(14-16)21(26)27)22-18-10-8-15(9-11-18)20(25)23-12-3-1-2-4-13-23/h8-11,16-17H,1-7,12-14H2,(H,22,24)(H,26,27). The monoisotopic (exact) mass is 372 g/mol. The Morgan fingerprint density at radius 1 is 0.889 bits per heavy atom. The van der Waals surface area contributed by atoms with Crippen molar-refractivity contribution in [3.63, 3.8) is 0 Å². The van der Waals surface area contributed by atoms with Crippen LogP contribution < -0.4 is 5.32 Å². The van der Waals surface area contributed by atoms with Crippen LogP contribution in [0.3, 0.4) is 0 Å². The van der Waals surface area contributed by atoms with E-state index in [1.54, 1.807) is 24.3 Å². The van der Waals surface area contributed by atoms with Gasteiger partial charge in [0.1, 0.15) is 0 Å². The fourth-order valence-corrected chi connectivity index (χ4v) is 4.05. The molecule has 1 aromatic rings. The first kappa shape index (κ1) is 19.4. The number of carbonyl (C=O) groups is 3. The topological polar surface area (TPSA) is 86.7 Å². The largest absolute Gasteiger partial charge is 0.481 e. The second-order valence-corrected chi connectivity index (χ2v) is 7.67. The van der Waals surface area contributed by atoms with Crippen LogP contribution in [-0.4, -0.2) is 40.9 Å². The summed E-state index contributed by atoms with van der Waals surface area (Å²) in [6, 6.07) is 7.01. The van der Waals surface area contributed by atoms with Gasteiger partial charge in [-0.2, -0.15) is 0 Å². The summed E-state index contributed by atoms with van der Waals surface area (Å²) in [4.78, 5) is 38.2. The summed E-state index contributed by atoms with van der Waals surface area (Å²) in [5.41, 5.74) is 1.28. The fraction of sp³-hybridized carbons (Fsp3) is 0.571. The van der Waals surface area contributed by atoms with Crippen molar-refractivity contribution < 1.29 is 19.5 Å². The Bertz CT molecular complexity index is 678. The molecule has 1 heterocycles. The number of carboxylic acid groups (broad SMARTS) is 1. The van der Waals surface area contributed by atoms with Crippen molar-refractivity contribution in [2.45, 2.75) is 51.4 Å². The molecular formula is C21H28N2O4. The Hall–Kier alpha value is -2.37. The van der Waals surface area contributed by atoms with Crippen molar-refractivity contribution in [2.24, 2.45) is 11.8 Å². The molecule has 2 N–H and O–H groups in total. The molecule has 0 spiro atoms. The molecule has 2 fully saturated rings. The van der Waals surface area contributed by atoms with E-state index in [4.69, 9.17) is 5.11 Å². The third-order valence-electron chi connectivity index (χ3n) is 5.69. The van der Waals surface area contributed by atoms with Crippen LogP contribution in [-0.2, 0) is 9.59 Å². The number of aliphatic carboxylic acids is 1. The van der Waals surface area contributed by atoms with Gasteiger partial charge in [0.2, 0.25) is 5.91 Å². The van der Waals surface area contributed by atoms with Crippen LogP contribution in [0.5, 0.6) is 0 Å². The van der Waals surface area contributed by atoms with Gasteiger partial charge in [0.25, 0.3) is 5.91 Å². The zero-order valence-electron chi connectivity index (χ0n) is 15.7. The van der Waals surface area contributed by atoms with Crippen LogP contribution in [0.25, 0.3) is 0 Å². The van der Waals surface area contributed by atoms with Gasteiger partial charge in [-0.1, -0.05) is 19.3 Å². The summed E-state index contributed by atoms with van der Waals surface area (Å²) in [6.45, 7) is 1.62.